The summed E-state index contributed by atoms with van der Waals surface area (Å²) >= 11 is 6.41. The van der Waals surface area contributed by atoms with Crippen LogP contribution in [-0.4, -0.2) is 11.6 Å². The highest BCUT2D eigenvalue weighted by atomic mass is 79.9. The molecule has 7 heteroatoms. The first-order chi connectivity index (χ1) is 11.0. The summed E-state index contributed by atoms with van der Waals surface area (Å²) in [6.45, 7) is 2.60. The lowest BCUT2D eigenvalue weighted by molar-refractivity contribution is -0.138. The Bertz CT molecular complexity index is 763. The molecule has 24 heavy (non-hydrogen) atoms. The van der Waals surface area contributed by atoms with Crippen LogP contribution in [0, 0.1) is 5.41 Å². The van der Waals surface area contributed by atoms with Gasteiger partial charge in [-0.2, -0.15) is 13.2 Å². The van der Waals surface area contributed by atoms with Crippen molar-refractivity contribution in [1.29, 1.82) is 0 Å². The van der Waals surface area contributed by atoms with Crippen LogP contribution in [0.2, 0.25) is 0 Å². The van der Waals surface area contributed by atoms with Gasteiger partial charge in [-0.05, 0) is 55.7 Å². The molecule has 0 saturated heterocycles. The van der Waals surface area contributed by atoms with Gasteiger partial charge in [0.1, 0.15) is 17.0 Å². The molecule has 0 unspecified atom stereocenters. The van der Waals surface area contributed by atoms with Gasteiger partial charge in [0.15, 0.2) is 0 Å². The lowest BCUT2D eigenvalue weighted by Gasteiger charge is -2.31. The molecule has 1 aliphatic rings. The fourth-order valence-electron chi connectivity index (χ4n) is 2.74. The summed E-state index contributed by atoms with van der Waals surface area (Å²) in [5.41, 5.74) is -1.82. The monoisotopic (exact) mass is 464 g/mol. The number of ketones is 2. The van der Waals surface area contributed by atoms with Gasteiger partial charge in [-0.1, -0.05) is 37.9 Å². The fraction of sp³-hybridized carbons (Fsp3) is 0.294. The van der Waals surface area contributed by atoms with E-state index in [0.29, 0.717) is 10.0 Å². The molecule has 0 radical (unpaired) electrons. The molecule has 1 aromatic carbocycles. The van der Waals surface area contributed by atoms with Crippen LogP contribution in [0.1, 0.15) is 31.4 Å². The predicted molar refractivity (Wildman–Crippen MR) is 92.5 cm³/mol. The molecule has 1 aromatic rings. The van der Waals surface area contributed by atoms with Crippen LogP contribution < -0.4 is 0 Å². The van der Waals surface area contributed by atoms with Crippen LogP contribution in [-0.2, 0) is 15.8 Å². The molecular formula is C17H13Br2F3O2. The number of rotatable bonds is 3. The summed E-state index contributed by atoms with van der Waals surface area (Å²) in [6.07, 6.45) is -1.56. The third-order valence-electron chi connectivity index (χ3n) is 4.12. The summed E-state index contributed by atoms with van der Waals surface area (Å²) in [4.78, 5) is 24.0. The predicted octanol–water partition coefficient (Wildman–Crippen LogP) is 5.70. The zero-order valence-corrected chi connectivity index (χ0v) is 16.0. The lowest BCUT2D eigenvalue weighted by Crippen LogP contribution is -2.37. The molecule has 0 fully saturated rings. The van der Waals surface area contributed by atoms with E-state index < -0.39 is 17.2 Å². The molecule has 0 saturated carbocycles. The molecule has 0 aliphatic heterocycles. The number of halogens is 5. The van der Waals surface area contributed by atoms with Gasteiger partial charge in [0.25, 0.3) is 0 Å². The highest BCUT2D eigenvalue weighted by molar-refractivity contribution is 9.11. The number of allylic oxidation sites excluding steroid dienone is 4. The van der Waals surface area contributed by atoms with E-state index >= 15 is 0 Å². The van der Waals surface area contributed by atoms with Gasteiger partial charge in [-0.25, -0.2) is 0 Å². The molecule has 0 aromatic heterocycles. The van der Waals surface area contributed by atoms with E-state index in [9.17, 15) is 22.8 Å². The minimum absolute atomic E-state index is 0.00507. The van der Waals surface area contributed by atoms with Crippen LogP contribution in [0.25, 0.3) is 5.57 Å². The Labute approximate surface area is 154 Å². The fourth-order valence-corrected chi connectivity index (χ4v) is 4.07. The van der Waals surface area contributed by atoms with Crippen molar-refractivity contribution in [1.82, 2.24) is 0 Å². The molecule has 128 valence electrons. The first kappa shape index (κ1) is 19.1. The second-order valence-electron chi connectivity index (χ2n) is 5.56. The highest BCUT2D eigenvalue weighted by Gasteiger charge is 2.44. The SMILES string of the molecule is CC(=O)C1(C(C)=O)CC=C(c2cc(Br)ccc2C(F)(F)F)C=C1Br. The van der Waals surface area contributed by atoms with Crippen molar-refractivity contribution in [3.63, 3.8) is 0 Å². The van der Waals surface area contributed by atoms with Crippen molar-refractivity contribution < 1.29 is 22.8 Å². The standard InChI is InChI=1S/C17H13Br2F3O2/c1-9(23)16(10(2)24)6-5-11(7-15(16)19)13-8-12(18)3-4-14(13)17(20,21)22/h3-5,7-8H,6H2,1-2H3. The van der Waals surface area contributed by atoms with E-state index in [0.717, 1.165) is 6.07 Å². The van der Waals surface area contributed by atoms with Gasteiger partial charge >= 0.3 is 6.18 Å². The molecule has 0 spiro atoms. The molecule has 0 N–H and O–H groups in total. The second kappa shape index (κ2) is 6.59. The van der Waals surface area contributed by atoms with Crippen molar-refractivity contribution in [2.24, 2.45) is 5.41 Å². The Kier molecular flexibility index (Phi) is 5.25. The van der Waals surface area contributed by atoms with E-state index in [1.807, 2.05) is 0 Å². The van der Waals surface area contributed by atoms with Crippen molar-refractivity contribution in [2.45, 2.75) is 26.4 Å². The molecule has 0 amide bonds. The lowest BCUT2D eigenvalue weighted by atomic mass is 9.73. The van der Waals surface area contributed by atoms with Gasteiger partial charge in [0, 0.05) is 8.96 Å². The average molecular weight is 466 g/mol. The molecule has 2 rings (SSSR count). The number of Topliss-reactive ketones (excluding diaryl/α,β-unsaturated/α-hetero) is 2. The van der Waals surface area contributed by atoms with Gasteiger partial charge in [-0.15, -0.1) is 0 Å². The van der Waals surface area contributed by atoms with Crippen molar-refractivity contribution >= 4 is 49.0 Å². The Hall–Kier alpha value is -1.21. The normalized spacial score (nSPS) is 17.1. The molecule has 2 nitrogen and oxygen atoms in total. The Morgan fingerprint density at radius 1 is 1.12 bits per heavy atom. The number of hydrogen-bond donors (Lipinski definition) is 0. The van der Waals surface area contributed by atoms with E-state index in [1.165, 1.54) is 38.1 Å². The smallest absolute Gasteiger partial charge is 0.298 e. The van der Waals surface area contributed by atoms with E-state index in [4.69, 9.17) is 0 Å². The topological polar surface area (TPSA) is 34.1 Å². The third-order valence-corrected chi connectivity index (χ3v) is 5.52. The highest BCUT2D eigenvalue weighted by Crippen LogP contribution is 2.46. The number of benzene rings is 1. The first-order valence-electron chi connectivity index (χ1n) is 6.97. The Morgan fingerprint density at radius 2 is 1.71 bits per heavy atom. The second-order valence-corrected chi connectivity index (χ2v) is 7.33. The van der Waals surface area contributed by atoms with E-state index in [2.05, 4.69) is 31.9 Å². The third kappa shape index (κ3) is 3.28. The summed E-state index contributed by atoms with van der Waals surface area (Å²) in [5.74, 6) is -0.697. The molecular weight excluding hydrogens is 453 g/mol. The van der Waals surface area contributed by atoms with Crippen molar-refractivity contribution in [2.75, 3.05) is 0 Å². The van der Waals surface area contributed by atoms with E-state index in [1.54, 1.807) is 0 Å². The van der Waals surface area contributed by atoms with Crippen LogP contribution in [0.5, 0.6) is 0 Å². The Balaban J connectivity index is 2.59. The molecule has 1 aliphatic carbocycles. The van der Waals surface area contributed by atoms with Crippen LogP contribution in [0.3, 0.4) is 0 Å². The maximum atomic E-state index is 13.3. The van der Waals surface area contributed by atoms with Crippen LogP contribution >= 0.6 is 31.9 Å². The summed E-state index contributed by atoms with van der Waals surface area (Å²) in [5, 5.41) is 0. The summed E-state index contributed by atoms with van der Waals surface area (Å²) in [6, 6.07) is 3.70. The van der Waals surface area contributed by atoms with Gasteiger partial charge < -0.3 is 0 Å². The number of carbonyl (C=O) groups is 2. The minimum atomic E-state index is -4.51. The first-order valence-corrected chi connectivity index (χ1v) is 8.56. The largest absolute Gasteiger partial charge is 0.417 e. The zero-order valence-electron chi connectivity index (χ0n) is 12.8. The molecule has 0 atom stereocenters. The number of carbonyl (C=O) groups excluding carboxylic acids is 2. The van der Waals surface area contributed by atoms with Crippen LogP contribution in [0.15, 0.2) is 39.3 Å². The summed E-state index contributed by atoms with van der Waals surface area (Å²) < 4.78 is 40.6. The van der Waals surface area contributed by atoms with Crippen molar-refractivity contribution in [3.05, 3.63) is 50.4 Å². The summed E-state index contributed by atoms with van der Waals surface area (Å²) in [7, 11) is 0. The van der Waals surface area contributed by atoms with Gasteiger partial charge in [0.05, 0.1) is 5.56 Å². The van der Waals surface area contributed by atoms with Gasteiger partial charge in [-0.3, -0.25) is 9.59 Å². The van der Waals surface area contributed by atoms with Gasteiger partial charge in [0.2, 0.25) is 0 Å². The number of hydrogen-bond acceptors (Lipinski definition) is 2. The zero-order chi connectivity index (χ0) is 18.3. The molecule has 0 heterocycles. The maximum absolute atomic E-state index is 13.3. The molecule has 0 bridgehead atoms. The number of alkyl halides is 3. The van der Waals surface area contributed by atoms with E-state index in [-0.39, 0.29) is 28.0 Å². The Morgan fingerprint density at radius 3 is 2.17 bits per heavy atom. The minimum Gasteiger partial charge on any atom is -0.298 e. The quantitative estimate of drug-likeness (QED) is 0.536. The van der Waals surface area contributed by atoms with Crippen molar-refractivity contribution in [3.8, 4) is 0 Å². The van der Waals surface area contributed by atoms with Crippen LogP contribution in [0.4, 0.5) is 13.2 Å². The maximum Gasteiger partial charge on any atom is 0.417 e. The average Bonchev–Trinajstić information content (AvgIpc) is 2.45.